The summed E-state index contributed by atoms with van der Waals surface area (Å²) >= 11 is 3.39. The maximum Gasteiger partial charge on any atom is 0.269 e. The second kappa shape index (κ2) is 8.36. The van der Waals surface area contributed by atoms with Crippen LogP contribution < -0.4 is 14.2 Å². The van der Waals surface area contributed by atoms with E-state index in [2.05, 4.69) is 15.9 Å². The van der Waals surface area contributed by atoms with Gasteiger partial charge in [-0.2, -0.15) is 0 Å². The summed E-state index contributed by atoms with van der Waals surface area (Å²) in [5, 5.41) is 10.9. The molecule has 0 amide bonds. The number of nitro benzene ring substituents is 1. The Morgan fingerprint density at radius 2 is 1.59 bits per heavy atom. The fourth-order valence-electron chi connectivity index (χ4n) is 2.91. The molecule has 1 aromatic heterocycles. The van der Waals surface area contributed by atoms with Crippen molar-refractivity contribution in [3.8, 4) is 22.9 Å². The lowest BCUT2D eigenvalue weighted by atomic mass is 10.1. The number of aromatic nitrogens is 1. The molecule has 0 bridgehead atoms. The lowest BCUT2D eigenvalue weighted by Gasteiger charge is -2.14. The predicted octanol–water partition coefficient (Wildman–Crippen LogP) is 4.40. The van der Waals surface area contributed by atoms with Crippen LogP contribution in [0.3, 0.4) is 0 Å². The SMILES string of the molecule is COc1cc(C(=O)c2cc(Br)cn2-c2ccc([N+](=O)[O-])cc2)cc(OC)c1OC. The quantitative estimate of drug-likeness (QED) is 0.294. The summed E-state index contributed by atoms with van der Waals surface area (Å²) in [5.41, 5.74) is 1.28. The summed E-state index contributed by atoms with van der Waals surface area (Å²) in [6, 6.07) is 10.8. The van der Waals surface area contributed by atoms with Gasteiger partial charge in [-0.05, 0) is 46.3 Å². The first-order chi connectivity index (χ1) is 13.9. The van der Waals surface area contributed by atoms with Crippen LogP contribution in [0.5, 0.6) is 17.2 Å². The number of nitro groups is 1. The molecule has 0 saturated carbocycles. The Bertz CT molecular complexity index is 1050. The van der Waals surface area contributed by atoms with E-state index in [9.17, 15) is 14.9 Å². The Morgan fingerprint density at radius 1 is 1.00 bits per heavy atom. The van der Waals surface area contributed by atoms with E-state index in [0.717, 1.165) is 0 Å². The van der Waals surface area contributed by atoms with E-state index in [-0.39, 0.29) is 11.5 Å². The van der Waals surface area contributed by atoms with E-state index >= 15 is 0 Å². The molecule has 2 aromatic carbocycles. The number of halogens is 1. The highest BCUT2D eigenvalue weighted by Crippen LogP contribution is 2.39. The zero-order valence-electron chi connectivity index (χ0n) is 15.8. The number of methoxy groups -OCH3 is 3. The molecule has 9 heteroatoms. The normalized spacial score (nSPS) is 10.5. The summed E-state index contributed by atoms with van der Waals surface area (Å²) in [6.07, 6.45) is 1.71. The lowest BCUT2D eigenvalue weighted by Crippen LogP contribution is -2.09. The first-order valence-electron chi connectivity index (χ1n) is 8.37. The van der Waals surface area contributed by atoms with Gasteiger partial charge >= 0.3 is 0 Å². The zero-order chi connectivity index (χ0) is 21.1. The largest absolute Gasteiger partial charge is 0.493 e. The molecule has 0 spiro atoms. The molecule has 1 heterocycles. The Morgan fingerprint density at radius 3 is 2.07 bits per heavy atom. The molecule has 0 aliphatic heterocycles. The molecule has 0 aliphatic carbocycles. The highest BCUT2D eigenvalue weighted by atomic mass is 79.9. The van der Waals surface area contributed by atoms with Gasteiger partial charge in [-0.1, -0.05) is 0 Å². The summed E-state index contributed by atoms with van der Waals surface area (Å²) in [4.78, 5) is 23.7. The minimum absolute atomic E-state index is 0.0301. The molecule has 0 N–H and O–H groups in total. The van der Waals surface area contributed by atoms with E-state index in [1.165, 1.54) is 33.5 Å². The Labute approximate surface area is 174 Å². The average Bonchev–Trinajstić information content (AvgIpc) is 3.13. The maximum absolute atomic E-state index is 13.3. The Balaban J connectivity index is 2.08. The van der Waals surface area contributed by atoms with Gasteiger partial charge < -0.3 is 18.8 Å². The number of carbonyl (C=O) groups is 1. The monoisotopic (exact) mass is 460 g/mol. The van der Waals surface area contributed by atoms with Gasteiger partial charge in [0.2, 0.25) is 11.5 Å². The van der Waals surface area contributed by atoms with Crippen LogP contribution in [-0.4, -0.2) is 36.6 Å². The highest BCUT2D eigenvalue weighted by molar-refractivity contribution is 9.10. The van der Waals surface area contributed by atoms with Crippen molar-refractivity contribution in [2.24, 2.45) is 0 Å². The standard InChI is InChI=1S/C20H17BrN2O6/c1-27-17-8-12(9-18(28-2)20(17)29-3)19(24)16-10-13(21)11-22(16)14-4-6-15(7-5-14)23(25)26/h4-11H,1-3H3. The van der Waals surface area contributed by atoms with Crippen LogP contribution in [0.25, 0.3) is 5.69 Å². The van der Waals surface area contributed by atoms with Crippen molar-refractivity contribution in [2.75, 3.05) is 21.3 Å². The lowest BCUT2D eigenvalue weighted by molar-refractivity contribution is -0.384. The Kier molecular flexibility index (Phi) is 5.88. The molecule has 0 unspecified atom stereocenters. The van der Waals surface area contributed by atoms with E-state index in [1.54, 1.807) is 41.1 Å². The van der Waals surface area contributed by atoms with Gasteiger partial charge in [0.1, 0.15) is 0 Å². The van der Waals surface area contributed by atoms with Crippen LogP contribution in [0.4, 0.5) is 5.69 Å². The number of carbonyl (C=O) groups excluding carboxylic acids is 1. The van der Waals surface area contributed by atoms with Crippen molar-refractivity contribution in [1.82, 2.24) is 4.57 Å². The molecule has 0 atom stereocenters. The van der Waals surface area contributed by atoms with Crippen LogP contribution in [0, 0.1) is 10.1 Å². The van der Waals surface area contributed by atoms with Crippen molar-refractivity contribution < 1.29 is 23.9 Å². The first-order valence-corrected chi connectivity index (χ1v) is 9.16. The fraction of sp³-hybridized carbons (Fsp3) is 0.150. The van der Waals surface area contributed by atoms with Gasteiger partial charge in [-0.25, -0.2) is 0 Å². The highest BCUT2D eigenvalue weighted by Gasteiger charge is 2.21. The number of benzene rings is 2. The molecule has 29 heavy (non-hydrogen) atoms. The second-order valence-electron chi connectivity index (χ2n) is 5.93. The molecule has 150 valence electrons. The van der Waals surface area contributed by atoms with E-state index in [4.69, 9.17) is 14.2 Å². The van der Waals surface area contributed by atoms with Gasteiger partial charge in [0, 0.05) is 34.1 Å². The van der Waals surface area contributed by atoms with Crippen molar-refractivity contribution >= 4 is 27.4 Å². The molecule has 0 radical (unpaired) electrons. The summed E-state index contributed by atoms with van der Waals surface area (Å²) in [5.74, 6) is 0.831. The van der Waals surface area contributed by atoms with E-state index in [0.29, 0.717) is 38.7 Å². The number of rotatable bonds is 7. The minimum atomic E-state index is -0.475. The second-order valence-corrected chi connectivity index (χ2v) is 6.85. The topological polar surface area (TPSA) is 92.8 Å². The average molecular weight is 461 g/mol. The van der Waals surface area contributed by atoms with Gasteiger partial charge in [-0.3, -0.25) is 14.9 Å². The third-order valence-electron chi connectivity index (χ3n) is 4.28. The number of hydrogen-bond donors (Lipinski definition) is 0. The van der Waals surface area contributed by atoms with Crippen molar-refractivity contribution in [2.45, 2.75) is 0 Å². The predicted molar refractivity (Wildman–Crippen MR) is 110 cm³/mol. The molecule has 0 fully saturated rings. The van der Waals surface area contributed by atoms with Crippen molar-refractivity contribution in [3.05, 3.63) is 74.5 Å². The molecular formula is C20H17BrN2O6. The zero-order valence-corrected chi connectivity index (χ0v) is 17.4. The molecule has 0 saturated heterocycles. The molecular weight excluding hydrogens is 444 g/mol. The van der Waals surface area contributed by atoms with Crippen molar-refractivity contribution in [3.63, 3.8) is 0 Å². The van der Waals surface area contributed by atoms with Gasteiger partial charge in [0.05, 0.1) is 31.9 Å². The fourth-order valence-corrected chi connectivity index (χ4v) is 3.34. The van der Waals surface area contributed by atoms with Crippen LogP contribution in [0.1, 0.15) is 16.1 Å². The van der Waals surface area contributed by atoms with Gasteiger partial charge in [0.25, 0.3) is 5.69 Å². The van der Waals surface area contributed by atoms with E-state index in [1.807, 2.05) is 0 Å². The number of ketones is 1. The minimum Gasteiger partial charge on any atom is -0.493 e. The van der Waals surface area contributed by atoms with Crippen molar-refractivity contribution in [1.29, 1.82) is 0 Å². The van der Waals surface area contributed by atoms with Crippen LogP contribution in [0.2, 0.25) is 0 Å². The summed E-state index contributed by atoms with van der Waals surface area (Å²) in [7, 11) is 4.43. The molecule has 3 aromatic rings. The third-order valence-corrected chi connectivity index (χ3v) is 4.72. The summed E-state index contributed by atoms with van der Waals surface area (Å²) in [6.45, 7) is 0. The van der Waals surface area contributed by atoms with Crippen LogP contribution >= 0.6 is 15.9 Å². The number of ether oxygens (including phenoxy) is 3. The maximum atomic E-state index is 13.3. The molecule has 0 aliphatic rings. The third kappa shape index (κ3) is 3.95. The van der Waals surface area contributed by atoms with Gasteiger partial charge in [0.15, 0.2) is 11.5 Å². The van der Waals surface area contributed by atoms with Crippen LogP contribution in [-0.2, 0) is 0 Å². The Hall–Kier alpha value is -3.33. The number of hydrogen-bond acceptors (Lipinski definition) is 6. The smallest absolute Gasteiger partial charge is 0.269 e. The first kappa shape index (κ1) is 20.4. The van der Waals surface area contributed by atoms with E-state index < -0.39 is 4.92 Å². The number of non-ortho nitro benzene ring substituents is 1. The number of nitrogens with zero attached hydrogens (tertiary/aromatic N) is 2. The van der Waals surface area contributed by atoms with Crippen LogP contribution in [0.15, 0.2) is 53.1 Å². The molecule has 3 rings (SSSR count). The van der Waals surface area contributed by atoms with Gasteiger partial charge in [-0.15, -0.1) is 0 Å². The molecule has 8 nitrogen and oxygen atoms in total. The summed E-state index contributed by atoms with van der Waals surface area (Å²) < 4.78 is 18.3.